The number of para-hydroxylation sites is 1. The highest BCUT2D eigenvalue weighted by molar-refractivity contribution is 6.12. The molecule has 1 heterocycles. The third-order valence-corrected chi connectivity index (χ3v) is 6.38. The average Bonchev–Trinajstić information content (AvgIpc) is 3.03. The number of carbonyl (C=O) groups excluding carboxylic acids is 2. The summed E-state index contributed by atoms with van der Waals surface area (Å²) in [7, 11) is 0. The highest BCUT2D eigenvalue weighted by Gasteiger charge is 2.57. The predicted octanol–water partition coefficient (Wildman–Crippen LogP) is 4.38. The van der Waals surface area contributed by atoms with Crippen LogP contribution in [0.25, 0.3) is 6.08 Å². The summed E-state index contributed by atoms with van der Waals surface area (Å²) in [4.78, 5) is 28.5. The Morgan fingerprint density at radius 1 is 0.935 bits per heavy atom. The van der Waals surface area contributed by atoms with E-state index in [9.17, 15) is 14.7 Å². The van der Waals surface area contributed by atoms with E-state index in [0.717, 1.165) is 11.1 Å². The van der Waals surface area contributed by atoms with Crippen molar-refractivity contribution < 1.29 is 14.7 Å². The molecule has 31 heavy (non-hydrogen) atoms. The number of ketones is 1. The number of rotatable bonds is 4. The van der Waals surface area contributed by atoms with Gasteiger partial charge in [0.1, 0.15) is 0 Å². The lowest BCUT2D eigenvalue weighted by molar-refractivity contribution is -0.140. The van der Waals surface area contributed by atoms with E-state index in [-0.39, 0.29) is 5.78 Å². The van der Waals surface area contributed by atoms with Crippen molar-refractivity contribution in [1.29, 1.82) is 0 Å². The van der Waals surface area contributed by atoms with Gasteiger partial charge in [0.15, 0.2) is 11.4 Å². The molecule has 1 N–H and O–H groups in total. The zero-order valence-corrected chi connectivity index (χ0v) is 17.1. The average molecular weight is 409 g/mol. The Kier molecular flexibility index (Phi) is 4.79. The Bertz CT molecular complexity index is 1180. The maximum atomic E-state index is 13.6. The number of aliphatic hydroxyl groups is 1. The summed E-state index contributed by atoms with van der Waals surface area (Å²) in [5.74, 6) is -1.38. The van der Waals surface area contributed by atoms with Gasteiger partial charge in [-0.05, 0) is 30.0 Å². The molecule has 0 spiro atoms. The summed E-state index contributed by atoms with van der Waals surface area (Å²) in [6.07, 6.45) is 4.97. The van der Waals surface area contributed by atoms with E-state index in [1.165, 1.54) is 0 Å². The predicted molar refractivity (Wildman–Crippen MR) is 121 cm³/mol. The van der Waals surface area contributed by atoms with Gasteiger partial charge in [-0.25, -0.2) is 0 Å². The second-order valence-electron chi connectivity index (χ2n) is 8.12. The fraction of sp³-hybridized carbons (Fsp3) is 0.185. The van der Waals surface area contributed by atoms with Crippen LogP contribution in [0.4, 0.5) is 5.69 Å². The van der Waals surface area contributed by atoms with Crippen molar-refractivity contribution >= 4 is 23.5 Å². The van der Waals surface area contributed by atoms with Crippen molar-refractivity contribution in [2.75, 3.05) is 11.4 Å². The van der Waals surface area contributed by atoms with E-state index in [1.54, 1.807) is 17.0 Å². The Morgan fingerprint density at radius 2 is 1.65 bits per heavy atom. The highest BCUT2D eigenvalue weighted by Crippen LogP contribution is 2.48. The van der Waals surface area contributed by atoms with Crippen molar-refractivity contribution in [2.24, 2.45) is 5.92 Å². The van der Waals surface area contributed by atoms with Crippen molar-refractivity contribution in [2.45, 2.75) is 18.4 Å². The molecule has 0 saturated carbocycles. The van der Waals surface area contributed by atoms with Crippen LogP contribution in [-0.4, -0.2) is 23.3 Å². The summed E-state index contributed by atoms with van der Waals surface area (Å²) in [6, 6.07) is 24.6. The molecule has 2 aliphatic rings. The third-order valence-electron chi connectivity index (χ3n) is 6.38. The number of Topliss-reactive ketones (excluding diaryl/α,β-unsaturated/α-hetero) is 1. The highest BCUT2D eigenvalue weighted by atomic mass is 16.3. The summed E-state index contributed by atoms with van der Waals surface area (Å²) in [5, 5.41) is 11.8. The Hall–Kier alpha value is -3.50. The van der Waals surface area contributed by atoms with Crippen LogP contribution in [0, 0.1) is 5.92 Å². The van der Waals surface area contributed by atoms with Gasteiger partial charge >= 0.3 is 0 Å². The molecule has 1 aliphatic carbocycles. The van der Waals surface area contributed by atoms with Crippen LogP contribution in [0.1, 0.15) is 33.5 Å². The standard InChI is InChI=1S/C27H23NO3/c29-25-21-13-5-4-12-20(21)16-17-23(25)27(31)22-14-6-7-15-24(22)28(26(27)30)18-8-11-19-9-2-1-3-10-19/h1-15,23,31H,16-18H2/b11-8+/t23-,27-/m0/s1. The lowest BCUT2D eigenvalue weighted by Crippen LogP contribution is -2.49. The molecule has 0 radical (unpaired) electrons. The molecule has 0 saturated heterocycles. The SMILES string of the molecule is O=C1c2ccccc2CC[C@@H]1[C@]1(O)C(=O)N(C/C=C/c2ccccc2)c2ccccc21. The van der Waals surface area contributed by atoms with Crippen molar-refractivity contribution in [3.05, 3.63) is 107 Å². The molecule has 0 aromatic heterocycles. The summed E-state index contributed by atoms with van der Waals surface area (Å²) in [5.41, 5.74) is 1.97. The maximum Gasteiger partial charge on any atom is 0.264 e. The van der Waals surface area contributed by atoms with E-state index in [2.05, 4.69) is 0 Å². The molecule has 154 valence electrons. The van der Waals surface area contributed by atoms with Crippen LogP contribution in [-0.2, 0) is 16.8 Å². The minimum Gasteiger partial charge on any atom is -0.375 e. The molecular weight excluding hydrogens is 386 g/mol. The second kappa shape index (κ2) is 7.64. The number of carbonyl (C=O) groups is 2. The lowest BCUT2D eigenvalue weighted by Gasteiger charge is -2.34. The van der Waals surface area contributed by atoms with Crippen LogP contribution in [0.2, 0.25) is 0 Å². The van der Waals surface area contributed by atoms with E-state index in [1.807, 2.05) is 78.9 Å². The lowest BCUT2D eigenvalue weighted by atomic mass is 9.71. The second-order valence-corrected chi connectivity index (χ2v) is 8.12. The molecule has 0 fully saturated rings. The quantitative estimate of drug-likeness (QED) is 0.696. The van der Waals surface area contributed by atoms with E-state index < -0.39 is 17.4 Å². The first-order valence-electron chi connectivity index (χ1n) is 10.6. The Balaban J connectivity index is 1.49. The largest absolute Gasteiger partial charge is 0.375 e. The van der Waals surface area contributed by atoms with Gasteiger partial charge in [0.25, 0.3) is 5.91 Å². The molecule has 2 atom stereocenters. The van der Waals surface area contributed by atoms with E-state index in [0.29, 0.717) is 36.2 Å². The smallest absolute Gasteiger partial charge is 0.264 e. The number of hydrogen-bond donors (Lipinski definition) is 1. The van der Waals surface area contributed by atoms with Gasteiger partial charge in [0.2, 0.25) is 0 Å². The van der Waals surface area contributed by atoms with Crippen molar-refractivity contribution in [3.63, 3.8) is 0 Å². The molecule has 0 bridgehead atoms. The summed E-state index contributed by atoms with van der Waals surface area (Å²) >= 11 is 0. The van der Waals surface area contributed by atoms with Gasteiger partial charge in [-0.15, -0.1) is 0 Å². The molecule has 1 aliphatic heterocycles. The molecule has 0 unspecified atom stereocenters. The fourth-order valence-corrected chi connectivity index (χ4v) is 4.83. The number of hydrogen-bond acceptors (Lipinski definition) is 3. The Labute approximate surface area is 181 Å². The molecule has 4 nitrogen and oxygen atoms in total. The van der Waals surface area contributed by atoms with Gasteiger partial charge < -0.3 is 10.0 Å². The van der Waals surface area contributed by atoms with Gasteiger partial charge in [-0.1, -0.05) is 84.9 Å². The number of amides is 1. The van der Waals surface area contributed by atoms with Crippen LogP contribution >= 0.6 is 0 Å². The number of aryl methyl sites for hydroxylation is 1. The van der Waals surface area contributed by atoms with E-state index in [4.69, 9.17) is 0 Å². The van der Waals surface area contributed by atoms with Gasteiger partial charge in [0, 0.05) is 17.7 Å². The van der Waals surface area contributed by atoms with Gasteiger partial charge in [-0.2, -0.15) is 0 Å². The number of anilines is 1. The summed E-state index contributed by atoms with van der Waals surface area (Å²) in [6.45, 7) is 0.324. The molecule has 5 rings (SSSR count). The Morgan fingerprint density at radius 3 is 2.48 bits per heavy atom. The molecule has 4 heteroatoms. The minimum absolute atomic E-state index is 0.158. The molecular formula is C27H23NO3. The van der Waals surface area contributed by atoms with Crippen molar-refractivity contribution in [3.8, 4) is 0 Å². The molecule has 3 aromatic carbocycles. The number of fused-ring (bicyclic) bond motifs is 2. The normalized spacial score (nSPS) is 22.6. The zero-order valence-electron chi connectivity index (χ0n) is 17.1. The number of nitrogens with zero attached hydrogens (tertiary/aromatic N) is 1. The van der Waals surface area contributed by atoms with Gasteiger partial charge in [-0.3, -0.25) is 9.59 Å². The first-order valence-corrected chi connectivity index (χ1v) is 10.6. The van der Waals surface area contributed by atoms with Crippen LogP contribution in [0.5, 0.6) is 0 Å². The molecule has 3 aromatic rings. The third kappa shape index (κ3) is 3.11. The first-order chi connectivity index (χ1) is 15.1. The van der Waals surface area contributed by atoms with Crippen LogP contribution in [0.3, 0.4) is 0 Å². The topological polar surface area (TPSA) is 57.6 Å². The molecule has 1 amide bonds. The monoisotopic (exact) mass is 409 g/mol. The minimum atomic E-state index is -1.85. The summed E-state index contributed by atoms with van der Waals surface area (Å²) < 4.78 is 0. The fourth-order valence-electron chi connectivity index (χ4n) is 4.83. The zero-order chi connectivity index (χ0) is 21.4. The number of benzene rings is 3. The van der Waals surface area contributed by atoms with E-state index >= 15 is 0 Å². The van der Waals surface area contributed by atoms with Gasteiger partial charge in [0.05, 0.1) is 11.6 Å². The van der Waals surface area contributed by atoms with Crippen LogP contribution < -0.4 is 4.90 Å². The first kappa shape index (κ1) is 19.5. The maximum absolute atomic E-state index is 13.6. The van der Waals surface area contributed by atoms with Crippen molar-refractivity contribution in [1.82, 2.24) is 0 Å². The van der Waals surface area contributed by atoms with Crippen LogP contribution in [0.15, 0.2) is 84.9 Å².